The first kappa shape index (κ1) is 36.9. The van der Waals surface area contributed by atoms with Crippen molar-refractivity contribution in [2.24, 2.45) is 22.7 Å². The number of carbonyl (C=O) groups excluding carboxylic acids is 1. The van der Waals surface area contributed by atoms with E-state index in [4.69, 9.17) is 9.73 Å². The number of hydrogen-bond acceptors (Lipinski definition) is 3. The van der Waals surface area contributed by atoms with E-state index in [1.807, 2.05) is 0 Å². The Morgan fingerprint density at radius 1 is 0.364 bits per heavy atom. The van der Waals surface area contributed by atoms with Gasteiger partial charge >= 0.3 is 5.97 Å². The van der Waals surface area contributed by atoms with Gasteiger partial charge in [0.1, 0.15) is 17.4 Å². The van der Waals surface area contributed by atoms with Crippen molar-refractivity contribution in [3.8, 4) is 0 Å². The molecule has 3 heteroatoms. The molecule has 0 saturated heterocycles. The van der Waals surface area contributed by atoms with Crippen LogP contribution in [0.3, 0.4) is 0 Å². The minimum atomic E-state index is -1.12. The van der Waals surface area contributed by atoms with Crippen LogP contribution in [-0.4, -0.2) is 17.8 Å². The second kappa shape index (κ2) is 9.12. The van der Waals surface area contributed by atoms with E-state index >= 15 is 4.79 Å². The van der Waals surface area contributed by atoms with Crippen LogP contribution in [0.5, 0.6) is 0 Å². The van der Waals surface area contributed by atoms with Crippen molar-refractivity contribution in [2.45, 2.75) is 62.5 Å². The Morgan fingerprint density at radius 2 is 0.614 bits per heavy atom. The molecular formula is C85H29NO2. The minimum Gasteiger partial charge on any atom is -0.458 e. The van der Waals surface area contributed by atoms with Crippen LogP contribution in [0.15, 0.2) is 65.7 Å². The molecule has 0 aromatic heterocycles. The van der Waals surface area contributed by atoms with E-state index in [1.54, 1.807) is 172 Å². The largest absolute Gasteiger partial charge is 0.458 e. The molecule has 30 aromatic carbocycles. The van der Waals surface area contributed by atoms with Gasteiger partial charge in [0.2, 0.25) is 0 Å². The third kappa shape index (κ3) is 2.25. The standard InChI is InChI=1S/C85H29NO2/c1-17(2)21-15-14-18(3)16-22(21)88-82(87)81-83-77-69-61-51-41-33-25-23-24-27-31-29(25)37-45-39(31)49-43-35(27)36-28(24)32-30-26(23)34(33)42-48-38(30)46-40(32)50-44(36)54-53(43)65-59(49)67-57(45)63(55(61)47(37)41)71(77)73(67)79-75(65)76-66(54)60(50)68-58(46)64-56(48)62(52(42)51)70(69)78(83)72(64)74(68)80(76)84(79,83)85(86-81,19-10-6-4-7-11-19)20-12-8-5-9-13-20/h4-13,17-18,21-22H,14-16H2,1-3H3/t18-,21+,22-,83?,84?/m1/s1. The van der Waals surface area contributed by atoms with Gasteiger partial charge in [-0.3, -0.25) is 4.99 Å². The summed E-state index contributed by atoms with van der Waals surface area (Å²) < 4.78 is 7.76. The molecule has 0 amide bonds. The summed E-state index contributed by atoms with van der Waals surface area (Å²) in [7, 11) is 0. The monoisotopic (exact) mass is 1100 g/mol. The molecule has 3 nitrogen and oxygen atoms in total. The zero-order chi connectivity index (χ0) is 54.2. The molecular weight excluding hydrogens is 1070 g/mol. The van der Waals surface area contributed by atoms with Gasteiger partial charge in [-0.1, -0.05) is 87.9 Å². The molecule has 2 spiro atoms. The van der Waals surface area contributed by atoms with Gasteiger partial charge in [-0.25, -0.2) is 4.79 Å². The van der Waals surface area contributed by atoms with Crippen LogP contribution in [0.1, 0.15) is 73.4 Å². The Morgan fingerprint density at radius 3 is 0.875 bits per heavy atom. The lowest BCUT2D eigenvalue weighted by Gasteiger charge is -2.56. The number of esters is 1. The number of nitrogens with zero attached hydrogens (tertiary/aromatic N) is 1. The summed E-state index contributed by atoms with van der Waals surface area (Å²) >= 11 is 0. The third-order valence-electron chi connectivity index (χ3n) is 30.3. The molecule has 0 radical (unpaired) electrons. The summed E-state index contributed by atoms with van der Waals surface area (Å²) in [5.41, 5.74) is 5.70. The SMILES string of the molecule is CC(C)[C@@H]1CC[C@@H](C)C[C@H]1OC(=O)C1=NC(c2ccccc2)(c2ccccc2)C23c4c5c6c7c8c9c(c%10c%11c2c2c4c4c%12c5c5c6c6c8c8c%13c9c9c%10c%10c%11c%11c2c2c4c4c%12c%12c5c5c6c8c6c8c%13c9c9c%10c%10c%11c2c2c4c4c%12c5c6c5c8c9c%10c2c45)C173. The number of rotatable bonds is 5. The van der Waals surface area contributed by atoms with Gasteiger partial charge in [0.05, 0.1) is 10.8 Å². The van der Waals surface area contributed by atoms with Crippen LogP contribution < -0.4 is 0 Å². The first-order chi connectivity index (χ1) is 43.5. The van der Waals surface area contributed by atoms with Gasteiger partial charge in [-0.05, 0) is 355 Å². The van der Waals surface area contributed by atoms with Gasteiger partial charge in [0.25, 0.3) is 0 Å². The van der Waals surface area contributed by atoms with Crippen molar-refractivity contribution in [1.29, 1.82) is 0 Å². The Bertz CT molecular complexity index is 8090. The fourth-order valence-corrected chi connectivity index (χ4v) is 29.4. The molecule has 386 valence electrons. The maximum absolute atomic E-state index is 17.9. The van der Waals surface area contributed by atoms with E-state index in [0.717, 1.165) is 12.8 Å². The highest BCUT2D eigenvalue weighted by Crippen LogP contribution is 2.88. The lowest BCUT2D eigenvalue weighted by molar-refractivity contribution is -0.147. The van der Waals surface area contributed by atoms with Gasteiger partial charge in [0.15, 0.2) is 0 Å². The molecule has 36 rings (SSSR count). The summed E-state index contributed by atoms with van der Waals surface area (Å²) in [6.45, 7) is 7.15. The third-order valence-corrected chi connectivity index (χ3v) is 30.3. The van der Waals surface area contributed by atoms with E-state index in [2.05, 4.69) is 81.4 Å². The van der Waals surface area contributed by atoms with E-state index < -0.39 is 16.4 Å². The van der Waals surface area contributed by atoms with Crippen molar-refractivity contribution in [1.82, 2.24) is 0 Å². The van der Waals surface area contributed by atoms with Crippen molar-refractivity contribution in [2.75, 3.05) is 0 Å². The van der Waals surface area contributed by atoms with Crippen LogP contribution in [0.2, 0.25) is 0 Å². The Balaban J connectivity index is 0.991. The molecule has 5 aliphatic carbocycles. The van der Waals surface area contributed by atoms with Crippen LogP contribution in [-0.2, 0) is 25.9 Å². The summed E-state index contributed by atoms with van der Waals surface area (Å²) in [6.07, 6.45) is 2.92. The highest BCUT2D eigenvalue weighted by atomic mass is 16.5. The van der Waals surface area contributed by atoms with Crippen LogP contribution in [0.4, 0.5) is 0 Å². The summed E-state index contributed by atoms with van der Waals surface area (Å²) in [4.78, 5) is 24.8. The van der Waals surface area contributed by atoms with E-state index in [1.165, 1.54) is 158 Å². The van der Waals surface area contributed by atoms with Crippen molar-refractivity contribution < 1.29 is 9.53 Å². The molecule has 1 fully saturated rings. The Kier molecular flexibility index (Phi) is 3.82. The molecule has 3 atom stereocenters. The van der Waals surface area contributed by atoms with Crippen molar-refractivity contribution in [3.05, 3.63) is 94.0 Å². The second-order valence-electron chi connectivity index (χ2n) is 31.9. The molecule has 1 heterocycles. The smallest absolute Gasteiger partial charge is 0.353 e. The lowest BCUT2D eigenvalue weighted by Crippen LogP contribution is -2.62. The normalized spacial score (nSPS) is 24.5. The zero-order valence-electron chi connectivity index (χ0n) is 47.0. The minimum absolute atomic E-state index is 0.171. The summed E-state index contributed by atoms with van der Waals surface area (Å²) in [5, 5.41) is 83.8. The fraction of sp³-hybridized carbons (Fsp3) is 0.153. The zero-order valence-corrected chi connectivity index (χ0v) is 47.0. The van der Waals surface area contributed by atoms with Gasteiger partial charge in [0, 0.05) is 0 Å². The van der Waals surface area contributed by atoms with Gasteiger partial charge in [-0.15, -0.1) is 0 Å². The molecule has 0 bridgehead atoms. The average molecular weight is 1100 g/mol. The molecule has 6 aliphatic rings. The van der Waals surface area contributed by atoms with Gasteiger partial charge < -0.3 is 4.74 Å². The van der Waals surface area contributed by atoms with Gasteiger partial charge in [-0.2, -0.15) is 0 Å². The lowest BCUT2D eigenvalue weighted by atomic mass is 9.41. The summed E-state index contributed by atoms with van der Waals surface area (Å²) in [5.74, 6) is 0.946. The maximum atomic E-state index is 17.9. The van der Waals surface area contributed by atoms with Crippen LogP contribution >= 0.6 is 0 Å². The maximum Gasteiger partial charge on any atom is 0.353 e. The summed E-state index contributed by atoms with van der Waals surface area (Å²) in [6, 6.07) is 23.3. The molecule has 1 aliphatic heterocycles. The predicted octanol–water partition coefficient (Wildman–Crippen LogP) is 21.7. The Labute approximate surface area is 488 Å². The molecule has 0 unspecified atom stereocenters. The number of carbonyl (C=O) groups is 1. The van der Waals surface area contributed by atoms with Crippen LogP contribution in [0, 0.1) is 17.8 Å². The van der Waals surface area contributed by atoms with Crippen molar-refractivity contribution in [3.63, 3.8) is 0 Å². The predicted molar refractivity (Wildman–Crippen MR) is 366 cm³/mol. The topological polar surface area (TPSA) is 38.7 Å². The van der Waals surface area contributed by atoms with Crippen molar-refractivity contribution >= 4 is 303 Å². The van der Waals surface area contributed by atoms with E-state index in [9.17, 15) is 0 Å². The number of aliphatic imine (C=N–C) groups is 1. The van der Waals surface area contributed by atoms with E-state index in [-0.39, 0.29) is 18.0 Å². The fourth-order valence-electron chi connectivity index (χ4n) is 29.4. The molecule has 0 N–H and O–H groups in total. The first-order valence-corrected chi connectivity index (χ1v) is 33.2. The second-order valence-corrected chi connectivity index (χ2v) is 31.9. The van der Waals surface area contributed by atoms with E-state index in [0.29, 0.717) is 17.5 Å². The molecule has 88 heavy (non-hydrogen) atoms. The Hall–Kier alpha value is -9.96. The van der Waals surface area contributed by atoms with Crippen LogP contribution in [0.25, 0.3) is 291 Å². The number of benzene rings is 20. The average Bonchev–Trinajstić information content (AvgIpc) is 1.38. The number of ether oxygens (including phenoxy) is 1. The highest BCUT2D eigenvalue weighted by molar-refractivity contribution is 6.82. The quantitative estimate of drug-likeness (QED) is 0.127. The first-order valence-electron chi connectivity index (χ1n) is 33.2. The number of hydrogen-bond donors (Lipinski definition) is 0. The molecule has 1 saturated carbocycles. The molecule has 30 aromatic rings. The highest BCUT2D eigenvalue weighted by Gasteiger charge is 2.82.